The number of sulfonamides is 1. The van der Waals surface area contributed by atoms with Gasteiger partial charge in [0.2, 0.25) is 10.0 Å². The van der Waals surface area contributed by atoms with Crippen LogP contribution in [0.4, 0.5) is 0 Å². The van der Waals surface area contributed by atoms with Crippen molar-refractivity contribution >= 4 is 37.6 Å². The SMILES string of the molecule is CC1(C)CCC(NS(=O)(=O)c2ccc(Cl)c(Br)c2)C1. The van der Waals surface area contributed by atoms with Gasteiger partial charge in [-0.3, -0.25) is 0 Å². The molecule has 1 unspecified atom stereocenters. The first kappa shape index (κ1) is 15.3. The zero-order valence-corrected chi connectivity index (χ0v) is 14.1. The molecule has 0 bridgehead atoms. The second-order valence-corrected chi connectivity index (χ2v) is 8.78. The van der Waals surface area contributed by atoms with Gasteiger partial charge in [-0.05, 0) is 58.8 Å². The fourth-order valence-corrected chi connectivity index (χ4v) is 4.41. The van der Waals surface area contributed by atoms with Crippen molar-refractivity contribution in [3.05, 3.63) is 27.7 Å². The number of benzene rings is 1. The predicted molar refractivity (Wildman–Crippen MR) is 80.9 cm³/mol. The van der Waals surface area contributed by atoms with Crippen LogP contribution >= 0.6 is 27.5 Å². The highest BCUT2D eigenvalue weighted by atomic mass is 79.9. The van der Waals surface area contributed by atoms with Gasteiger partial charge in [0, 0.05) is 10.5 Å². The Hall–Kier alpha value is -0.100. The lowest BCUT2D eigenvalue weighted by Crippen LogP contribution is -2.33. The van der Waals surface area contributed by atoms with Crippen LogP contribution in [0, 0.1) is 5.41 Å². The number of halogens is 2. The molecule has 0 aromatic heterocycles. The van der Waals surface area contributed by atoms with Crippen LogP contribution < -0.4 is 4.72 Å². The molecule has 0 amide bonds. The molecule has 1 aromatic rings. The van der Waals surface area contributed by atoms with Gasteiger partial charge in [0.05, 0.1) is 9.92 Å². The number of nitrogens with one attached hydrogen (secondary N) is 1. The molecule has 3 nitrogen and oxygen atoms in total. The van der Waals surface area contributed by atoms with Gasteiger partial charge in [0.1, 0.15) is 0 Å². The normalized spacial score (nSPS) is 22.6. The predicted octanol–water partition coefficient (Wildman–Crippen LogP) is 3.96. The summed E-state index contributed by atoms with van der Waals surface area (Å²) < 4.78 is 27.9. The van der Waals surface area contributed by atoms with Gasteiger partial charge in [-0.25, -0.2) is 13.1 Å². The van der Waals surface area contributed by atoms with Gasteiger partial charge in [0.15, 0.2) is 0 Å². The molecule has 0 heterocycles. The molecule has 0 saturated heterocycles. The Morgan fingerprint density at radius 2 is 2.11 bits per heavy atom. The van der Waals surface area contributed by atoms with Crippen LogP contribution in [0.5, 0.6) is 0 Å². The first-order valence-corrected chi connectivity index (χ1v) is 8.82. The van der Waals surface area contributed by atoms with Crippen LogP contribution in [-0.2, 0) is 10.0 Å². The standard InChI is InChI=1S/C13H17BrClNO2S/c1-13(2)6-5-9(8-13)16-19(17,18)10-3-4-12(15)11(14)7-10/h3-4,7,9,16H,5-6,8H2,1-2H3. The first-order chi connectivity index (χ1) is 8.70. The molecule has 1 N–H and O–H groups in total. The Labute approximate surface area is 127 Å². The lowest BCUT2D eigenvalue weighted by atomic mass is 9.92. The van der Waals surface area contributed by atoms with Crippen LogP contribution in [0.25, 0.3) is 0 Å². The molecule has 19 heavy (non-hydrogen) atoms. The summed E-state index contributed by atoms with van der Waals surface area (Å²) in [7, 11) is -3.47. The molecule has 1 fully saturated rings. The van der Waals surface area contributed by atoms with Crippen molar-refractivity contribution in [1.29, 1.82) is 0 Å². The maximum Gasteiger partial charge on any atom is 0.240 e. The van der Waals surface area contributed by atoms with E-state index >= 15 is 0 Å². The molecule has 2 rings (SSSR count). The van der Waals surface area contributed by atoms with Gasteiger partial charge >= 0.3 is 0 Å². The Bertz CT molecular complexity index is 586. The molecule has 6 heteroatoms. The van der Waals surface area contributed by atoms with Crippen molar-refractivity contribution in [3.8, 4) is 0 Å². The van der Waals surface area contributed by atoms with Crippen LogP contribution in [-0.4, -0.2) is 14.5 Å². The van der Waals surface area contributed by atoms with Crippen molar-refractivity contribution in [2.75, 3.05) is 0 Å². The van der Waals surface area contributed by atoms with Crippen LogP contribution in [0.3, 0.4) is 0 Å². The van der Waals surface area contributed by atoms with E-state index in [9.17, 15) is 8.42 Å². The van der Waals surface area contributed by atoms with Crippen molar-refractivity contribution in [3.63, 3.8) is 0 Å². The van der Waals surface area contributed by atoms with E-state index < -0.39 is 10.0 Å². The van der Waals surface area contributed by atoms with Gasteiger partial charge in [0.25, 0.3) is 0 Å². The fourth-order valence-electron chi connectivity index (χ4n) is 2.47. The average Bonchev–Trinajstić information content (AvgIpc) is 2.61. The largest absolute Gasteiger partial charge is 0.240 e. The maximum atomic E-state index is 12.3. The van der Waals surface area contributed by atoms with E-state index in [0.29, 0.717) is 9.50 Å². The summed E-state index contributed by atoms with van der Waals surface area (Å²) in [6.07, 6.45) is 2.81. The average molecular weight is 367 g/mol. The second kappa shape index (κ2) is 5.35. The highest BCUT2D eigenvalue weighted by Crippen LogP contribution is 2.37. The molecule has 0 radical (unpaired) electrons. The molecule has 1 aromatic carbocycles. The monoisotopic (exact) mass is 365 g/mol. The van der Waals surface area contributed by atoms with Crippen molar-refractivity contribution in [1.82, 2.24) is 4.72 Å². The lowest BCUT2D eigenvalue weighted by Gasteiger charge is -2.18. The third-order valence-electron chi connectivity index (χ3n) is 3.49. The molecule has 1 saturated carbocycles. The minimum Gasteiger partial charge on any atom is -0.208 e. The van der Waals surface area contributed by atoms with Crippen LogP contribution in [0.1, 0.15) is 33.1 Å². The van der Waals surface area contributed by atoms with Crippen LogP contribution in [0.15, 0.2) is 27.6 Å². The Morgan fingerprint density at radius 1 is 1.42 bits per heavy atom. The van der Waals surface area contributed by atoms with Gasteiger partial charge in [-0.1, -0.05) is 25.4 Å². The minimum absolute atomic E-state index is 0.0226. The van der Waals surface area contributed by atoms with Gasteiger partial charge in [-0.15, -0.1) is 0 Å². The summed E-state index contributed by atoms with van der Waals surface area (Å²) in [5.74, 6) is 0. The summed E-state index contributed by atoms with van der Waals surface area (Å²) in [6, 6.07) is 4.66. The number of rotatable bonds is 3. The highest BCUT2D eigenvalue weighted by molar-refractivity contribution is 9.10. The molecule has 0 aliphatic heterocycles. The molecule has 1 aliphatic rings. The highest BCUT2D eigenvalue weighted by Gasteiger charge is 2.33. The molecule has 106 valence electrons. The zero-order valence-electron chi connectivity index (χ0n) is 10.9. The van der Waals surface area contributed by atoms with E-state index in [2.05, 4.69) is 34.5 Å². The number of hydrogen-bond acceptors (Lipinski definition) is 2. The van der Waals surface area contributed by atoms with Crippen molar-refractivity contribution in [2.24, 2.45) is 5.41 Å². The third kappa shape index (κ3) is 3.72. The van der Waals surface area contributed by atoms with Crippen molar-refractivity contribution in [2.45, 2.75) is 44.0 Å². The zero-order chi connectivity index (χ0) is 14.3. The van der Waals surface area contributed by atoms with Crippen LogP contribution in [0.2, 0.25) is 5.02 Å². The minimum atomic E-state index is -3.47. The van der Waals surface area contributed by atoms with E-state index in [1.54, 1.807) is 6.07 Å². The van der Waals surface area contributed by atoms with E-state index in [0.717, 1.165) is 19.3 Å². The molecule has 1 aliphatic carbocycles. The third-order valence-corrected chi connectivity index (χ3v) is 6.22. The lowest BCUT2D eigenvalue weighted by molar-refractivity contribution is 0.372. The molecule has 1 atom stereocenters. The summed E-state index contributed by atoms with van der Waals surface area (Å²) in [5.41, 5.74) is 0.216. The quantitative estimate of drug-likeness (QED) is 0.880. The van der Waals surface area contributed by atoms with E-state index in [-0.39, 0.29) is 16.4 Å². The summed E-state index contributed by atoms with van der Waals surface area (Å²) in [4.78, 5) is 0.244. The Morgan fingerprint density at radius 3 is 2.63 bits per heavy atom. The maximum absolute atomic E-state index is 12.3. The van der Waals surface area contributed by atoms with E-state index in [1.807, 2.05) is 0 Å². The van der Waals surface area contributed by atoms with Crippen molar-refractivity contribution < 1.29 is 8.42 Å². The van der Waals surface area contributed by atoms with Gasteiger partial charge in [-0.2, -0.15) is 0 Å². The molecule has 0 spiro atoms. The van der Waals surface area contributed by atoms with E-state index in [1.165, 1.54) is 12.1 Å². The topological polar surface area (TPSA) is 46.2 Å². The number of hydrogen-bond donors (Lipinski definition) is 1. The summed E-state index contributed by atoms with van der Waals surface area (Å²) in [6.45, 7) is 4.33. The fraction of sp³-hybridized carbons (Fsp3) is 0.538. The Kier molecular flexibility index (Phi) is 4.31. The van der Waals surface area contributed by atoms with E-state index in [4.69, 9.17) is 11.6 Å². The van der Waals surface area contributed by atoms with Gasteiger partial charge < -0.3 is 0 Å². The molecular weight excluding hydrogens is 350 g/mol. The summed E-state index contributed by atoms with van der Waals surface area (Å²) >= 11 is 9.12. The Balaban J connectivity index is 2.17. The molecular formula is C13H17BrClNO2S. The smallest absolute Gasteiger partial charge is 0.208 e. The summed E-state index contributed by atoms with van der Waals surface area (Å²) in [5, 5.41) is 0.501. The second-order valence-electron chi connectivity index (χ2n) is 5.80. The first-order valence-electron chi connectivity index (χ1n) is 6.17.